The summed E-state index contributed by atoms with van der Waals surface area (Å²) < 4.78 is 5.78. The Bertz CT molecular complexity index is 854. The molecule has 2 atom stereocenters. The van der Waals surface area contributed by atoms with Crippen molar-refractivity contribution in [1.29, 1.82) is 0 Å². The number of amides is 3. The zero-order chi connectivity index (χ0) is 21.4. The molecule has 0 aromatic heterocycles. The number of urea groups is 1. The van der Waals surface area contributed by atoms with Crippen LogP contribution in [0.15, 0.2) is 54.6 Å². The highest BCUT2D eigenvalue weighted by molar-refractivity contribution is 5.84. The number of carbonyl (C=O) groups is 3. The van der Waals surface area contributed by atoms with Crippen LogP contribution < -0.4 is 21.1 Å². The summed E-state index contributed by atoms with van der Waals surface area (Å²) in [4.78, 5) is 35.1. The van der Waals surface area contributed by atoms with Crippen LogP contribution in [0.4, 0.5) is 4.79 Å². The molecule has 0 bridgehead atoms. The van der Waals surface area contributed by atoms with E-state index in [1.54, 1.807) is 50.2 Å². The quantitative estimate of drug-likeness (QED) is 0.515. The van der Waals surface area contributed by atoms with E-state index in [1.807, 2.05) is 18.2 Å². The van der Waals surface area contributed by atoms with Gasteiger partial charge in [0.05, 0.1) is 12.5 Å². The second-order valence-corrected chi connectivity index (χ2v) is 6.88. The van der Waals surface area contributed by atoms with E-state index in [1.165, 1.54) is 0 Å². The largest absolute Gasteiger partial charge is 0.480 e. The van der Waals surface area contributed by atoms with Crippen molar-refractivity contribution in [2.75, 3.05) is 0 Å². The highest BCUT2D eigenvalue weighted by Crippen LogP contribution is 2.26. The van der Waals surface area contributed by atoms with E-state index < -0.39 is 30.0 Å². The van der Waals surface area contributed by atoms with Crippen LogP contribution in [-0.4, -0.2) is 29.1 Å². The first-order valence-corrected chi connectivity index (χ1v) is 9.17. The van der Waals surface area contributed by atoms with Crippen molar-refractivity contribution in [2.45, 2.75) is 32.4 Å². The Morgan fingerprint density at radius 3 is 2.24 bits per heavy atom. The molecular formula is C21H25N3O5. The first kappa shape index (κ1) is 21.7. The summed E-state index contributed by atoms with van der Waals surface area (Å²) >= 11 is 0. The highest BCUT2D eigenvalue weighted by Gasteiger charge is 2.25. The predicted molar refractivity (Wildman–Crippen MR) is 107 cm³/mol. The third kappa shape index (κ3) is 6.84. The van der Waals surface area contributed by atoms with Crippen LogP contribution in [0.2, 0.25) is 0 Å². The molecule has 0 spiro atoms. The van der Waals surface area contributed by atoms with Crippen LogP contribution in [-0.2, 0) is 9.59 Å². The standard InChI is InChI=1S/C21H25N3O5/c1-13(2)19(20(26)27)24-18(25)12-17(23-21(22)28)14-7-6-10-16(11-14)29-15-8-4-3-5-9-15/h3-11,13,17,19H,12H2,1-2H3,(H,24,25)(H,26,27)(H3,22,23,28)/t17?,19-/m0/s1. The third-order valence-corrected chi connectivity index (χ3v) is 4.19. The Kier molecular flexibility index (Phi) is 7.59. The molecular weight excluding hydrogens is 374 g/mol. The number of benzene rings is 2. The van der Waals surface area contributed by atoms with Gasteiger partial charge in [-0.3, -0.25) is 4.79 Å². The number of nitrogens with two attached hydrogens (primary N) is 1. The number of hydrogen-bond acceptors (Lipinski definition) is 4. The Balaban J connectivity index is 2.17. The second kappa shape index (κ2) is 10.1. The van der Waals surface area contributed by atoms with E-state index in [0.29, 0.717) is 17.1 Å². The van der Waals surface area contributed by atoms with Crippen LogP contribution in [0.5, 0.6) is 11.5 Å². The number of para-hydroxylation sites is 1. The lowest BCUT2D eigenvalue weighted by Crippen LogP contribution is -2.45. The van der Waals surface area contributed by atoms with Crippen molar-refractivity contribution in [3.63, 3.8) is 0 Å². The van der Waals surface area contributed by atoms with Crippen LogP contribution in [0.3, 0.4) is 0 Å². The molecule has 3 amide bonds. The number of nitrogens with one attached hydrogen (secondary N) is 2. The SMILES string of the molecule is CC(C)[C@H](NC(=O)CC(NC(N)=O)c1cccc(Oc2ccccc2)c1)C(=O)O. The van der Waals surface area contributed by atoms with E-state index in [9.17, 15) is 19.5 Å². The van der Waals surface area contributed by atoms with Gasteiger partial charge in [0.15, 0.2) is 0 Å². The minimum absolute atomic E-state index is 0.172. The normalized spacial score (nSPS) is 12.7. The first-order valence-electron chi connectivity index (χ1n) is 9.17. The lowest BCUT2D eigenvalue weighted by atomic mass is 10.0. The van der Waals surface area contributed by atoms with Crippen molar-refractivity contribution in [2.24, 2.45) is 11.7 Å². The van der Waals surface area contributed by atoms with Crippen molar-refractivity contribution in [1.82, 2.24) is 10.6 Å². The summed E-state index contributed by atoms with van der Waals surface area (Å²) in [5.41, 5.74) is 5.86. The third-order valence-electron chi connectivity index (χ3n) is 4.19. The molecule has 0 aliphatic heterocycles. The van der Waals surface area contributed by atoms with Crippen molar-refractivity contribution >= 4 is 17.9 Å². The molecule has 0 fully saturated rings. The van der Waals surface area contributed by atoms with Gasteiger partial charge in [-0.1, -0.05) is 44.2 Å². The second-order valence-electron chi connectivity index (χ2n) is 6.88. The van der Waals surface area contributed by atoms with Crippen LogP contribution in [0.1, 0.15) is 31.9 Å². The number of primary amides is 1. The summed E-state index contributed by atoms with van der Waals surface area (Å²) in [5.74, 6) is -0.758. The van der Waals surface area contributed by atoms with E-state index in [0.717, 1.165) is 0 Å². The summed E-state index contributed by atoms with van der Waals surface area (Å²) in [6, 6.07) is 13.5. The van der Waals surface area contributed by atoms with Crippen LogP contribution in [0, 0.1) is 5.92 Å². The fourth-order valence-electron chi connectivity index (χ4n) is 2.77. The maximum Gasteiger partial charge on any atom is 0.326 e. The number of rotatable bonds is 9. The molecule has 2 aromatic rings. The van der Waals surface area contributed by atoms with Gasteiger partial charge in [0, 0.05) is 0 Å². The lowest BCUT2D eigenvalue weighted by molar-refractivity contribution is -0.143. The Hall–Kier alpha value is -3.55. The van der Waals surface area contributed by atoms with Crippen LogP contribution >= 0.6 is 0 Å². The average molecular weight is 399 g/mol. The molecule has 0 saturated heterocycles. The van der Waals surface area contributed by atoms with E-state index in [-0.39, 0.29) is 12.3 Å². The number of ether oxygens (including phenoxy) is 1. The Morgan fingerprint density at radius 1 is 1.00 bits per heavy atom. The average Bonchev–Trinajstić information content (AvgIpc) is 2.66. The van der Waals surface area contributed by atoms with Gasteiger partial charge in [0.2, 0.25) is 5.91 Å². The zero-order valence-electron chi connectivity index (χ0n) is 16.3. The molecule has 0 saturated carbocycles. The predicted octanol–water partition coefficient (Wildman–Crippen LogP) is 2.80. The number of carbonyl (C=O) groups excluding carboxylic acids is 2. The maximum absolute atomic E-state index is 12.4. The van der Waals surface area contributed by atoms with Gasteiger partial charge in [-0.05, 0) is 35.7 Å². The van der Waals surface area contributed by atoms with E-state index >= 15 is 0 Å². The fourth-order valence-corrected chi connectivity index (χ4v) is 2.77. The Labute approximate surface area is 169 Å². The van der Waals surface area contributed by atoms with E-state index in [2.05, 4.69) is 10.6 Å². The molecule has 8 heteroatoms. The van der Waals surface area contributed by atoms with Crippen LogP contribution in [0.25, 0.3) is 0 Å². The van der Waals surface area contributed by atoms with Crippen molar-refractivity contribution in [3.05, 3.63) is 60.2 Å². The molecule has 29 heavy (non-hydrogen) atoms. The molecule has 154 valence electrons. The van der Waals surface area contributed by atoms with Gasteiger partial charge in [-0.25, -0.2) is 9.59 Å². The summed E-state index contributed by atoms with van der Waals surface area (Å²) in [6.07, 6.45) is -0.172. The molecule has 0 radical (unpaired) electrons. The molecule has 2 aromatic carbocycles. The molecule has 0 aliphatic carbocycles. The molecule has 0 aliphatic rings. The van der Waals surface area contributed by atoms with Crippen molar-refractivity contribution in [3.8, 4) is 11.5 Å². The number of carboxylic acids is 1. The van der Waals surface area contributed by atoms with Gasteiger partial charge in [-0.15, -0.1) is 0 Å². The number of aliphatic carboxylic acids is 1. The van der Waals surface area contributed by atoms with Gasteiger partial charge in [0.25, 0.3) is 0 Å². The maximum atomic E-state index is 12.4. The molecule has 5 N–H and O–H groups in total. The monoisotopic (exact) mass is 399 g/mol. The summed E-state index contributed by atoms with van der Waals surface area (Å²) in [7, 11) is 0. The van der Waals surface area contributed by atoms with Gasteiger partial charge < -0.3 is 26.2 Å². The first-order chi connectivity index (χ1) is 13.8. The molecule has 0 heterocycles. The van der Waals surface area contributed by atoms with Crippen molar-refractivity contribution < 1.29 is 24.2 Å². The fraction of sp³-hybridized carbons (Fsp3) is 0.286. The molecule has 2 rings (SSSR count). The minimum atomic E-state index is -1.12. The number of carboxylic acid groups (broad SMARTS) is 1. The Morgan fingerprint density at radius 2 is 1.66 bits per heavy atom. The molecule has 8 nitrogen and oxygen atoms in total. The smallest absolute Gasteiger partial charge is 0.326 e. The highest BCUT2D eigenvalue weighted by atomic mass is 16.5. The molecule has 1 unspecified atom stereocenters. The summed E-state index contributed by atoms with van der Waals surface area (Å²) in [6.45, 7) is 3.39. The van der Waals surface area contributed by atoms with Gasteiger partial charge in [0.1, 0.15) is 17.5 Å². The van der Waals surface area contributed by atoms with Gasteiger partial charge in [-0.2, -0.15) is 0 Å². The van der Waals surface area contributed by atoms with E-state index in [4.69, 9.17) is 10.5 Å². The topological polar surface area (TPSA) is 131 Å². The zero-order valence-corrected chi connectivity index (χ0v) is 16.3. The lowest BCUT2D eigenvalue weighted by Gasteiger charge is -2.22. The minimum Gasteiger partial charge on any atom is -0.480 e. The van der Waals surface area contributed by atoms with Gasteiger partial charge >= 0.3 is 12.0 Å². The summed E-state index contributed by atoms with van der Waals surface area (Å²) in [5, 5.41) is 14.3. The number of hydrogen-bond donors (Lipinski definition) is 4.